The van der Waals surface area contributed by atoms with E-state index in [2.05, 4.69) is 29.1 Å². The lowest BCUT2D eigenvalue weighted by molar-refractivity contribution is 0.0381. The van der Waals surface area contributed by atoms with Crippen molar-refractivity contribution in [3.8, 4) is 0 Å². The van der Waals surface area contributed by atoms with Crippen molar-refractivity contribution in [3.63, 3.8) is 0 Å². The predicted octanol–water partition coefficient (Wildman–Crippen LogP) is 3.81. The summed E-state index contributed by atoms with van der Waals surface area (Å²) in [6, 6.07) is 0. The van der Waals surface area contributed by atoms with Crippen LogP contribution in [0, 0.1) is 13.8 Å². The van der Waals surface area contributed by atoms with Crippen molar-refractivity contribution < 1.29 is 5.11 Å². The Morgan fingerprint density at radius 3 is 2.62 bits per heavy atom. The maximum absolute atomic E-state index is 10.8. The van der Waals surface area contributed by atoms with E-state index in [4.69, 9.17) is 0 Å². The molecular formula is C16H23N3OS. The van der Waals surface area contributed by atoms with E-state index < -0.39 is 5.60 Å². The van der Waals surface area contributed by atoms with Crippen molar-refractivity contribution in [2.45, 2.75) is 58.0 Å². The SMILES string of the molecule is Cc1sc2ncnc(NCC3(O)CCCCCC3)c2c1C. The molecule has 2 N–H and O–H groups in total. The van der Waals surface area contributed by atoms with Gasteiger partial charge in [0.05, 0.1) is 11.0 Å². The number of aryl methyl sites for hydroxylation is 2. The standard InChI is InChI=1S/C16H23N3OS/c1-11-12(2)21-15-13(11)14(18-10-19-15)17-9-16(20)7-5-3-4-6-8-16/h10,20H,3-9H2,1-2H3,(H,17,18,19). The van der Waals surface area contributed by atoms with Crippen LogP contribution >= 0.6 is 11.3 Å². The van der Waals surface area contributed by atoms with Gasteiger partial charge in [0.2, 0.25) is 0 Å². The van der Waals surface area contributed by atoms with Crippen LogP contribution in [0.5, 0.6) is 0 Å². The molecular weight excluding hydrogens is 282 g/mol. The number of thiophene rings is 1. The summed E-state index contributed by atoms with van der Waals surface area (Å²) < 4.78 is 0. The van der Waals surface area contributed by atoms with Crippen molar-refractivity contribution in [2.75, 3.05) is 11.9 Å². The third-order valence-electron chi connectivity index (χ3n) is 4.58. The van der Waals surface area contributed by atoms with Gasteiger partial charge in [-0.15, -0.1) is 11.3 Å². The number of aromatic nitrogens is 2. The molecule has 3 rings (SSSR count). The average molecular weight is 305 g/mol. The quantitative estimate of drug-likeness (QED) is 0.847. The number of nitrogens with zero attached hydrogens (tertiary/aromatic N) is 2. The summed E-state index contributed by atoms with van der Waals surface area (Å²) >= 11 is 1.70. The summed E-state index contributed by atoms with van der Waals surface area (Å²) in [5.74, 6) is 0.861. The molecule has 21 heavy (non-hydrogen) atoms. The molecule has 1 fully saturated rings. The largest absolute Gasteiger partial charge is 0.388 e. The zero-order valence-corrected chi connectivity index (χ0v) is 13.6. The van der Waals surface area contributed by atoms with E-state index in [0.29, 0.717) is 6.54 Å². The number of hydrogen-bond donors (Lipinski definition) is 2. The third-order valence-corrected chi connectivity index (χ3v) is 5.70. The van der Waals surface area contributed by atoms with Crippen LogP contribution in [-0.4, -0.2) is 27.2 Å². The maximum atomic E-state index is 10.8. The molecule has 1 saturated carbocycles. The normalized spacial score (nSPS) is 18.6. The molecule has 0 bridgehead atoms. The van der Waals surface area contributed by atoms with Crippen molar-refractivity contribution in [1.29, 1.82) is 0 Å². The molecule has 0 aromatic carbocycles. The lowest BCUT2D eigenvalue weighted by Gasteiger charge is -2.27. The molecule has 0 aliphatic heterocycles. The number of fused-ring (bicyclic) bond motifs is 1. The average Bonchev–Trinajstić information content (AvgIpc) is 2.65. The Bertz CT molecular complexity index is 630. The fourth-order valence-corrected chi connectivity index (χ4v) is 4.12. The van der Waals surface area contributed by atoms with Crippen LogP contribution in [0.2, 0.25) is 0 Å². The summed E-state index contributed by atoms with van der Waals surface area (Å²) in [6.07, 6.45) is 8.09. The van der Waals surface area contributed by atoms with Crippen molar-refractivity contribution in [1.82, 2.24) is 9.97 Å². The Hall–Kier alpha value is -1.20. The molecule has 1 aliphatic carbocycles. The summed E-state index contributed by atoms with van der Waals surface area (Å²) in [5, 5.41) is 15.2. The van der Waals surface area contributed by atoms with Gasteiger partial charge in [-0.2, -0.15) is 0 Å². The van der Waals surface area contributed by atoms with Gasteiger partial charge in [-0.1, -0.05) is 25.7 Å². The van der Waals surface area contributed by atoms with Gasteiger partial charge in [0.25, 0.3) is 0 Å². The minimum Gasteiger partial charge on any atom is -0.388 e. The number of hydrogen-bond acceptors (Lipinski definition) is 5. The molecule has 0 radical (unpaired) electrons. The fourth-order valence-electron chi connectivity index (χ4n) is 3.13. The van der Waals surface area contributed by atoms with E-state index in [1.165, 1.54) is 23.3 Å². The summed E-state index contributed by atoms with van der Waals surface area (Å²) in [6.45, 7) is 4.81. The monoisotopic (exact) mass is 305 g/mol. The van der Waals surface area contributed by atoms with Crippen LogP contribution < -0.4 is 5.32 Å². The zero-order chi connectivity index (χ0) is 14.9. The molecule has 2 aromatic rings. The van der Waals surface area contributed by atoms with Crippen molar-refractivity contribution in [2.24, 2.45) is 0 Å². The highest BCUT2D eigenvalue weighted by Gasteiger charge is 2.28. The van der Waals surface area contributed by atoms with Crippen LogP contribution in [0.3, 0.4) is 0 Å². The Kier molecular flexibility index (Phi) is 4.13. The lowest BCUT2D eigenvalue weighted by atomic mass is 9.94. The number of anilines is 1. The van der Waals surface area contributed by atoms with E-state index in [1.54, 1.807) is 17.7 Å². The Morgan fingerprint density at radius 1 is 1.19 bits per heavy atom. The number of rotatable bonds is 3. The van der Waals surface area contributed by atoms with Crippen LogP contribution in [0.4, 0.5) is 5.82 Å². The second kappa shape index (κ2) is 5.89. The maximum Gasteiger partial charge on any atom is 0.138 e. The first-order chi connectivity index (χ1) is 10.1. The highest BCUT2D eigenvalue weighted by atomic mass is 32.1. The molecule has 0 unspecified atom stereocenters. The molecule has 0 saturated heterocycles. The van der Waals surface area contributed by atoms with E-state index >= 15 is 0 Å². The molecule has 0 atom stereocenters. The molecule has 5 heteroatoms. The van der Waals surface area contributed by atoms with Crippen LogP contribution in [0.1, 0.15) is 49.0 Å². The Labute approximate surface area is 129 Å². The smallest absolute Gasteiger partial charge is 0.138 e. The van der Waals surface area contributed by atoms with Crippen molar-refractivity contribution in [3.05, 3.63) is 16.8 Å². The fraction of sp³-hybridized carbons (Fsp3) is 0.625. The molecule has 1 aliphatic rings. The second-order valence-electron chi connectivity index (χ2n) is 6.18. The summed E-state index contributed by atoms with van der Waals surface area (Å²) in [5.41, 5.74) is 0.651. The van der Waals surface area contributed by atoms with Gasteiger partial charge in [0, 0.05) is 11.4 Å². The first-order valence-corrected chi connectivity index (χ1v) is 8.58. The van der Waals surface area contributed by atoms with Gasteiger partial charge in [-0.05, 0) is 32.3 Å². The van der Waals surface area contributed by atoms with Gasteiger partial charge in [0.15, 0.2) is 0 Å². The third kappa shape index (κ3) is 3.04. The summed E-state index contributed by atoms with van der Waals surface area (Å²) in [7, 11) is 0. The van der Waals surface area contributed by atoms with Crippen LogP contribution in [0.25, 0.3) is 10.2 Å². The molecule has 2 aromatic heterocycles. The first-order valence-electron chi connectivity index (χ1n) is 7.76. The lowest BCUT2D eigenvalue weighted by Crippen LogP contribution is -2.36. The van der Waals surface area contributed by atoms with E-state index in [1.807, 2.05) is 0 Å². The van der Waals surface area contributed by atoms with E-state index in [0.717, 1.165) is 41.7 Å². The zero-order valence-electron chi connectivity index (χ0n) is 12.8. The highest BCUT2D eigenvalue weighted by Crippen LogP contribution is 2.33. The summed E-state index contributed by atoms with van der Waals surface area (Å²) in [4.78, 5) is 11.1. The molecule has 0 amide bonds. The van der Waals surface area contributed by atoms with Gasteiger partial charge in [-0.25, -0.2) is 9.97 Å². The topological polar surface area (TPSA) is 58.0 Å². The highest BCUT2D eigenvalue weighted by molar-refractivity contribution is 7.18. The molecule has 4 nitrogen and oxygen atoms in total. The van der Waals surface area contributed by atoms with Gasteiger partial charge < -0.3 is 10.4 Å². The number of aliphatic hydroxyl groups is 1. The van der Waals surface area contributed by atoms with Crippen molar-refractivity contribution >= 4 is 27.4 Å². The Balaban J connectivity index is 1.81. The minimum absolute atomic E-state index is 0.577. The van der Waals surface area contributed by atoms with Crippen LogP contribution in [0.15, 0.2) is 6.33 Å². The second-order valence-corrected chi connectivity index (χ2v) is 7.38. The first kappa shape index (κ1) is 14.7. The van der Waals surface area contributed by atoms with Crippen LogP contribution in [-0.2, 0) is 0 Å². The van der Waals surface area contributed by atoms with Gasteiger partial charge in [0.1, 0.15) is 17.0 Å². The minimum atomic E-state index is -0.591. The number of nitrogens with one attached hydrogen (secondary N) is 1. The van der Waals surface area contributed by atoms with E-state index in [9.17, 15) is 5.11 Å². The van der Waals surface area contributed by atoms with Gasteiger partial charge >= 0.3 is 0 Å². The Morgan fingerprint density at radius 2 is 1.90 bits per heavy atom. The predicted molar refractivity (Wildman–Crippen MR) is 88.0 cm³/mol. The van der Waals surface area contributed by atoms with E-state index in [-0.39, 0.29) is 0 Å². The molecule has 0 spiro atoms. The molecule has 114 valence electrons. The van der Waals surface area contributed by atoms with Gasteiger partial charge in [-0.3, -0.25) is 0 Å². The molecule has 2 heterocycles.